The molecule has 1 nitrogen and oxygen atoms in total. The van der Waals surface area contributed by atoms with Gasteiger partial charge in [-0.05, 0) is 43.1 Å². The molecule has 1 aromatic carbocycles. The van der Waals surface area contributed by atoms with E-state index in [1.165, 1.54) is 6.07 Å². The second-order valence-corrected chi connectivity index (χ2v) is 4.38. The van der Waals surface area contributed by atoms with Gasteiger partial charge in [0.15, 0.2) is 0 Å². The molecule has 1 aliphatic rings. The van der Waals surface area contributed by atoms with Gasteiger partial charge < -0.3 is 5.32 Å². The molecule has 0 unspecified atom stereocenters. The maximum Gasteiger partial charge on any atom is 0.127 e. The molecule has 0 saturated carbocycles. The van der Waals surface area contributed by atoms with Gasteiger partial charge in [-0.1, -0.05) is 22.0 Å². The van der Waals surface area contributed by atoms with E-state index >= 15 is 0 Å². The summed E-state index contributed by atoms with van der Waals surface area (Å²) in [6.07, 6.45) is 0.853. The van der Waals surface area contributed by atoms with Crippen LogP contribution in [0.1, 0.15) is 5.56 Å². The van der Waals surface area contributed by atoms with Crippen LogP contribution >= 0.6 is 15.9 Å². The third kappa shape index (κ3) is 2.09. The van der Waals surface area contributed by atoms with Crippen LogP contribution in [-0.2, 0) is 6.42 Å². The Morgan fingerprint density at radius 1 is 1.46 bits per heavy atom. The predicted octanol–water partition coefficient (Wildman–Crippen LogP) is 2.35. The standard InChI is InChI=1S/C10H11BrFN/c11-9-2-1-8(10(12)4-9)3-7-5-13-6-7/h1-2,4,7,13H,3,5-6H2. The minimum atomic E-state index is -0.0960. The summed E-state index contributed by atoms with van der Waals surface area (Å²) in [4.78, 5) is 0. The normalized spacial score (nSPS) is 17.1. The van der Waals surface area contributed by atoms with Crippen molar-refractivity contribution in [2.24, 2.45) is 5.92 Å². The zero-order chi connectivity index (χ0) is 9.26. The molecule has 1 N–H and O–H groups in total. The second-order valence-electron chi connectivity index (χ2n) is 3.46. The Morgan fingerprint density at radius 3 is 2.77 bits per heavy atom. The van der Waals surface area contributed by atoms with Crippen LogP contribution in [0, 0.1) is 11.7 Å². The van der Waals surface area contributed by atoms with Gasteiger partial charge in [0.1, 0.15) is 5.82 Å². The Bertz CT molecular complexity index is 310. The Kier molecular flexibility index (Phi) is 2.65. The van der Waals surface area contributed by atoms with Crippen molar-refractivity contribution in [2.75, 3.05) is 13.1 Å². The van der Waals surface area contributed by atoms with Gasteiger partial charge in [-0.3, -0.25) is 0 Å². The van der Waals surface area contributed by atoms with Crippen LogP contribution in [0.15, 0.2) is 22.7 Å². The van der Waals surface area contributed by atoms with Gasteiger partial charge in [-0.25, -0.2) is 4.39 Å². The van der Waals surface area contributed by atoms with Crippen molar-refractivity contribution in [3.8, 4) is 0 Å². The minimum absolute atomic E-state index is 0.0960. The van der Waals surface area contributed by atoms with Crippen molar-refractivity contribution in [1.29, 1.82) is 0 Å². The quantitative estimate of drug-likeness (QED) is 0.842. The van der Waals surface area contributed by atoms with Gasteiger partial charge in [0, 0.05) is 4.47 Å². The smallest absolute Gasteiger partial charge is 0.127 e. The number of hydrogen-bond donors (Lipinski definition) is 1. The molecule has 0 spiro atoms. The van der Waals surface area contributed by atoms with Crippen molar-refractivity contribution in [2.45, 2.75) is 6.42 Å². The minimum Gasteiger partial charge on any atom is -0.316 e. The maximum absolute atomic E-state index is 13.3. The van der Waals surface area contributed by atoms with Gasteiger partial charge in [-0.2, -0.15) is 0 Å². The summed E-state index contributed by atoms with van der Waals surface area (Å²) in [5.74, 6) is 0.525. The summed E-state index contributed by atoms with van der Waals surface area (Å²) < 4.78 is 14.1. The lowest BCUT2D eigenvalue weighted by molar-refractivity contribution is 0.343. The fourth-order valence-electron chi connectivity index (χ4n) is 1.49. The number of benzene rings is 1. The molecule has 0 amide bonds. The molecule has 13 heavy (non-hydrogen) atoms. The van der Waals surface area contributed by atoms with E-state index in [2.05, 4.69) is 21.2 Å². The highest BCUT2D eigenvalue weighted by Crippen LogP contribution is 2.19. The van der Waals surface area contributed by atoms with Crippen molar-refractivity contribution < 1.29 is 4.39 Å². The molecule has 0 aliphatic carbocycles. The molecule has 2 rings (SSSR count). The van der Waals surface area contributed by atoms with Gasteiger partial charge in [-0.15, -0.1) is 0 Å². The monoisotopic (exact) mass is 243 g/mol. The van der Waals surface area contributed by atoms with Crippen LogP contribution in [0.5, 0.6) is 0 Å². The largest absolute Gasteiger partial charge is 0.316 e. The van der Waals surface area contributed by atoms with Crippen molar-refractivity contribution in [1.82, 2.24) is 5.32 Å². The molecule has 0 bridgehead atoms. The molecule has 1 saturated heterocycles. The summed E-state index contributed by atoms with van der Waals surface area (Å²) in [7, 11) is 0. The van der Waals surface area contributed by atoms with Gasteiger partial charge in [0.2, 0.25) is 0 Å². The van der Waals surface area contributed by atoms with Crippen molar-refractivity contribution >= 4 is 15.9 Å². The number of hydrogen-bond acceptors (Lipinski definition) is 1. The molecule has 3 heteroatoms. The highest BCUT2D eigenvalue weighted by molar-refractivity contribution is 9.10. The molecule has 0 radical (unpaired) electrons. The second kappa shape index (κ2) is 3.76. The molecule has 1 fully saturated rings. The highest BCUT2D eigenvalue weighted by atomic mass is 79.9. The lowest BCUT2D eigenvalue weighted by atomic mass is 9.94. The zero-order valence-corrected chi connectivity index (χ0v) is 8.77. The van der Waals surface area contributed by atoms with Crippen LogP contribution in [0.2, 0.25) is 0 Å². The first kappa shape index (κ1) is 9.16. The maximum atomic E-state index is 13.3. The summed E-state index contributed by atoms with van der Waals surface area (Å²) in [5.41, 5.74) is 0.828. The average Bonchev–Trinajstić information content (AvgIpc) is 1.99. The number of rotatable bonds is 2. The Hall–Kier alpha value is -0.410. The van der Waals surface area contributed by atoms with E-state index in [0.717, 1.165) is 29.5 Å². The number of halogens is 2. The van der Waals surface area contributed by atoms with Gasteiger partial charge in [0.25, 0.3) is 0 Å². The van der Waals surface area contributed by atoms with E-state index in [0.29, 0.717) is 5.92 Å². The fourth-order valence-corrected chi connectivity index (χ4v) is 1.82. The van der Waals surface area contributed by atoms with E-state index in [9.17, 15) is 4.39 Å². The van der Waals surface area contributed by atoms with Crippen molar-refractivity contribution in [3.05, 3.63) is 34.1 Å². The fraction of sp³-hybridized carbons (Fsp3) is 0.400. The third-order valence-electron chi connectivity index (χ3n) is 2.39. The molecule has 1 heterocycles. The first-order valence-corrected chi connectivity index (χ1v) is 5.19. The van der Waals surface area contributed by atoms with E-state index in [1.807, 2.05) is 12.1 Å². The summed E-state index contributed by atoms with van der Waals surface area (Å²) in [6.45, 7) is 2.05. The average molecular weight is 244 g/mol. The van der Waals surface area contributed by atoms with Gasteiger partial charge >= 0.3 is 0 Å². The molecule has 70 valence electrons. The number of nitrogens with one attached hydrogen (secondary N) is 1. The Balaban J connectivity index is 2.10. The van der Waals surface area contributed by atoms with Crippen LogP contribution < -0.4 is 5.32 Å². The van der Waals surface area contributed by atoms with E-state index in [4.69, 9.17) is 0 Å². The summed E-state index contributed by atoms with van der Waals surface area (Å²) in [5, 5.41) is 3.18. The Labute approximate surface area is 85.5 Å². The van der Waals surface area contributed by atoms with Crippen LogP contribution in [-0.4, -0.2) is 13.1 Å². The van der Waals surface area contributed by atoms with Crippen molar-refractivity contribution in [3.63, 3.8) is 0 Å². The van der Waals surface area contributed by atoms with Crippen LogP contribution in [0.3, 0.4) is 0 Å². The lowest BCUT2D eigenvalue weighted by Gasteiger charge is -2.27. The van der Waals surface area contributed by atoms with Crippen LogP contribution in [0.25, 0.3) is 0 Å². The van der Waals surface area contributed by atoms with Gasteiger partial charge in [0.05, 0.1) is 0 Å². The highest BCUT2D eigenvalue weighted by Gasteiger charge is 2.18. The molecule has 0 aromatic heterocycles. The van der Waals surface area contributed by atoms with E-state index in [-0.39, 0.29) is 5.82 Å². The lowest BCUT2D eigenvalue weighted by Crippen LogP contribution is -2.43. The third-order valence-corrected chi connectivity index (χ3v) is 2.88. The molecule has 0 atom stereocenters. The molecule has 1 aliphatic heterocycles. The van der Waals surface area contributed by atoms with E-state index < -0.39 is 0 Å². The molecular weight excluding hydrogens is 233 g/mol. The molecule has 1 aromatic rings. The first-order chi connectivity index (χ1) is 6.25. The predicted molar refractivity (Wildman–Crippen MR) is 54.2 cm³/mol. The summed E-state index contributed by atoms with van der Waals surface area (Å²) >= 11 is 3.24. The first-order valence-electron chi connectivity index (χ1n) is 4.40. The zero-order valence-electron chi connectivity index (χ0n) is 7.19. The topological polar surface area (TPSA) is 12.0 Å². The van der Waals surface area contributed by atoms with Crippen LogP contribution in [0.4, 0.5) is 4.39 Å². The molecular formula is C10H11BrFN. The SMILES string of the molecule is Fc1cc(Br)ccc1CC1CNC1. The summed E-state index contributed by atoms with van der Waals surface area (Å²) in [6, 6.07) is 5.28. The Morgan fingerprint density at radius 2 is 2.23 bits per heavy atom. The van der Waals surface area contributed by atoms with E-state index in [1.54, 1.807) is 0 Å².